The van der Waals surface area contributed by atoms with E-state index >= 15 is 0 Å². The predicted octanol–water partition coefficient (Wildman–Crippen LogP) is 1.39. The van der Waals surface area contributed by atoms with Crippen molar-refractivity contribution in [1.29, 1.82) is 0 Å². The highest BCUT2D eigenvalue weighted by Crippen LogP contribution is 2.48. The third-order valence-electron chi connectivity index (χ3n) is 10.3. The van der Waals surface area contributed by atoms with E-state index in [1.54, 1.807) is 50.2 Å². The Labute approximate surface area is 359 Å². The Bertz CT molecular complexity index is 1780. The van der Waals surface area contributed by atoms with E-state index in [0.717, 1.165) is 30.4 Å². The van der Waals surface area contributed by atoms with E-state index in [1.165, 1.54) is 21.6 Å². The van der Waals surface area contributed by atoms with Gasteiger partial charge in [-0.05, 0) is 48.9 Å². The highest BCUT2D eigenvalue weighted by molar-refractivity contribution is 8.77. The number of carbonyl (C=O) groups excluding carboxylic acids is 7. The molecule has 1 heterocycles. The molecule has 2 aromatic rings. The second kappa shape index (κ2) is 23.8. The van der Waals surface area contributed by atoms with Crippen molar-refractivity contribution in [3.05, 3.63) is 65.7 Å². The summed E-state index contributed by atoms with van der Waals surface area (Å²) in [5.74, 6) is -4.47. The van der Waals surface area contributed by atoms with Gasteiger partial charge in [0.15, 0.2) is 0 Å². The van der Waals surface area contributed by atoms with E-state index in [0.29, 0.717) is 25.2 Å². The molecule has 7 amide bonds. The highest BCUT2D eigenvalue weighted by atomic mass is 33.1. The van der Waals surface area contributed by atoms with Gasteiger partial charge in [0, 0.05) is 42.9 Å². The molecule has 0 bridgehead atoms. The standard InChI is InChI=1S/C42H60N8O8S2/c1-4-58-29-15-13-28(14-16-29)22-30-38(54)47-31(21-27-11-7-5-8-12-27)40(56)50-36(26(2)3)41(57)48-32(23-34(44)51)39(55)49-33(37(53)45-20-19-43)25-59-60-42(24-35(52)46-30)17-9-6-10-18-42/h5,7-8,11-16,26,30-33,36H,4,6,9-10,17-25,43H2,1-3H3,(H2,44,51)(H,45,53)(H,46,52)(H,47,54)(H,48,57)(H,49,55)(H,50,56)/t30-,31-,32-,33-,36+/m1/s1. The first-order chi connectivity index (χ1) is 28.7. The van der Waals surface area contributed by atoms with Gasteiger partial charge in [-0.1, -0.05) is 97.2 Å². The molecule has 1 spiro atoms. The summed E-state index contributed by atoms with van der Waals surface area (Å²) in [7, 11) is 2.79. The first-order valence-electron chi connectivity index (χ1n) is 20.6. The molecule has 1 saturated carbocycles. The first-order valence-corrected chi connectivity index (χ1v) is 22.9. The van der Waals surface area contributed by atoms with Crippen molar-refractivity contribution < 1.29 is 38.3 Å². The largest absolute Gasteiger partial charge is 0.494 e. The van der Waals surface area contributed by atoms with Gasteiger partial charge < -0.3 is 48.1 Å². The van der Waals surface area contributed by atoms with Gasteiger partial charge in [-0.2, -0.15) is 0 Å². The molecule has 2 fully saturated rings. The summed E-state index contributed by atoms with van der Waals surface area (Å²) in [6.07, 6.45) is 3.78. The number of hydrogen-bond donors (Lipinski definition) is 8. The molecule has 1 saturated heterocycles. The Balaban J connectivity index is 1.76. The minimum Gasteiger partial charge on any atom is -0.494 e. The van der Waals surface area contributed by atoms with Crippen LogP contribution >= 0.6 is 21.6 Å². The molecule has 18 heteroatoms. The average molecular weight is 869 g/mol. The van der Waals surface area contributed by atoms with Crippen LogP contribution in [0.4, 0.5) is 0 Å². The molecule has 1 aliphatic heterocycles. The van der Waals surface area contributed by atoms with Crippen LogP contribution in [-0.4, -0.2) is 102 Å². The molecule has 10 N–H and O–H groups in total. The number of hydrogen-bond acceptors (Lipinski definition) is 11. The zero-order valence-electron chi connectivity index (χ0n) is 34.6. The zero-order chi connectivity index (χ0) is 43.7. The predicted molar refractivity (Wildman–Crippen MR) is 232 cm³/mol. The van der Waals surface area contributed by atoms with Crippen molar-refractivity contribution in [3.63, 3.8) is 0 Å². The summed E-state index contributed by atoms with van der Waals surface area (Å²) < 4.78 is 5.05. The Kier molecular flexibility index (Phi) is 19.0. The van der Waals surface area contributed by atoms with Gasteiger partial charge in [-0.25, -0.2) is 0 Å². The lowest BCUT2D eigenvalue weighted by Crippen LogP contribution is -2.61. The second-order valence-corrected chi connectivity index (χ2v) is 18.4. The van der Waals surface area contributed by atoms with Crippen molar-refractivity contribution in [2.45, 2.75) is 114 Å². The Hall–Kier alpha value is -4.81. The fourth-order valence-electron chi connectivity index (χ4n) is 7.15. The van der Waals surface area contributed by atoms with Crippen LogP contribution in [-0.2, 0) is 46.4 Å². The Morgan fingerprint density at radius 2 is 1.40 bits per heavy atom. The van der Waals surface area contributed by atoms with Crippen LogP contribution in [0.2, 0.25) is 0 Å². The maximum atomic E-state index is 14.4. The van der Waals surface area contributed by atoms with Crippen LogP contribution < -0.4 is 48.1 Å². The molecule has 328 valence electrons. The molecule has 16 nitrogen and oxygen atoms in total. The van der Waals surface area contributed by atoms with Crippen molar-refractivity contribution in [2.24, 2.45) is 17.4 Å². The van der Waals surface area contributed by atoms with Gasteiger partial charge in [0.1, 0.15) is 36.0 Å². The molecule has 2 aromatic carbocycles. The summed E-state index contributed by atoms with van der Waals surface area (Å²) in [5, 5.41) is 16.6. The van der Waals surface area contributed by atoms with Gasteiger partial charge in [-0.15, -0.1) is 0 Å². The van der Waals surface area contributed by atoms with E-state index in [9.17, 15) is 33.6 Å². The molecule has 1 aliphatic carbocycles. The second-order valence-electron chi connectivity index (χ2n) is 15.5. The summed E-state index contributed by atoms with van der Waals surface area (Å²) >= 11 is 0. The van der Waals surface area contributed by atoms with Gasteiger partial charge in [0.2, 0.25) is 41.4 Å². The topological polar surface area (TPSA) is 253 Å². The highest BCUT2D eigenvalue weighted by Gasteiger charge is 2.39. The summed E-state index contributed by atoms with van der Waals surface area (Å²) in [6.45, 7) is 6.02. The van der Waals surface area contributed by atoms with E-state index in [4.69, 9.17) is 16.2 Å². The number of nitrogens with two attached hydrogens (primary N) is 2. The number of benzene rings is 2. The number of nitrogens with one attached hydrogen (secondary N) is 6. The van der Waals surface area contributed by atoms with E-state index in [1.807, 2.05) is 25.1 Å². The molecule has 2 aliphatic rings. The number of ether oxygens (including phenoxy) is 1. The van der Waals surface area contributed by atoms with Crippen molar-refractivity contribution in [2.75, 3.05) is 25.4 Å². The van der Waals surface area contributed by atoms with Crippen LogP contribution in [0.1, 0.15) is 76.8 Å². The summed E-state index contributed by atoms with van der Waals surface area (Å²) in [4.78, 5) is 96.1. The third kappa shape index (κ3) is 15.0. The van der Waals surface area contributed by atoms with Crippen LogP contribution in [0.25, 0.3) is 0 Å². The molecular formula is C42H60N8O8S2. The lowest BCUT2D eigenvalue weighted by atomic mass is 9.85. The summed E-state index contributed by atoms with van der Waals surface area (Å²) in [5.41, 5.74) is 12.6. The SMILES string of the molecule is CCOc1ccc(C[C@H]2NC(=O)CC3(CCCCC3)SSC[C@H](C(=O)NCCN)NC(=O)[C@@H](CC(N)=O)NC(=O)[C@H](C(C)C)NC(=O)[C@@H](Cc3ccccc3)NC2=O)cc1. The lowest BCUT2D eigenvalue weighted by Gasteiger charge is -2.36. The van der Waals surface area contributed by atoms with Gasteiger partial charge in [0.05, 0.1) is 13.0 Å². The Morgan fingerprint density at radius 1 is 0.800 bits per heavy atom. The van der Waals surface area contributed by atoms with Crippen LogP contribution in [0.15, 0.2) is 54.6 Å². The number of amides is 7. The fraction of sp³-hybridized carbons (Fsp3) is 0.548. The summed E-state index contributed by atoms with van der Waals surface area (Å²) in [6, 6.07) is 10.1. The van der Waals surface area contributed by atoms with Crippen molar-refractivity contribution >= 4 is 62.9 Å². The quantitative estimate of drug-likeness (QED) is 0.142. The smallest absolute Gasteiger partial charge is 0.243 e. The van der Waals surface area contributed by atoms with Crippen LogP contribution in [0.5, 0.6) is 5.75 Å². The maximum absolute atomic E-state index is 14.4. The Morgan fingerprint density at radius 3 is 2.02 bits per heavy atom. The van der Waals surface area contributed by atoms with Crippen LogP contribution in [0, 0.1) is 5.92 Å². The molecular weight excluding hydrogens is 809 g/mol. The molecule has 4 rings (SSSR count). The lowest BCUT2D eigenvalue weighted by molar-refractivity contribution is -0.136. The molecule has 0 radical (unpaired) electrons. The van der Waals surface area contributed by atoms with Crippen LogP contribution in [0.3, 0.4) is 0 Å². The minimum absolute atomic E-state index is 0.0475. The monoisotopic (exact) mass is 868 g/mol. The molecule has 0 unspecified atom stereocenters. The van der Waals surface area contributed by atoms with Gasteiger partial charge in [-0.3, -0.25) is 33.6 Å². The van der Waals surface area contributed by atoms with Crippen molar-refractivity contribution in [1.82, 2.24) is 31.9 Å². The minimum atomic E-state index is -1.49. The molecule has 60 heavy (non-hydrogen) atoms. The third-order valence-corrected chi connectivity index (χ3v) is 13.6. The fourth-order valence-corrected chi connectivity index (χ4v) is 10.5. The van der Waals surface area contributed by atoms with E-state index in [-0.39, 0.29) is 44.0 Å². The molecule has 5 atom stereocenters. The first kappa shape index (κ1) is 47.9. The number of primary amides is 1. The number of carbonyl (C=O) groups is 7. The van der Waals surface area contributed by atoms with Gasteiger partial charge >= 0.3 is 0 Å². The maximum Gasteiger partial charge on any atom is 0.243 e. The number of rotatable bonds is 12. The zero-order valence-corrected chi connectivity index (χ0v) is 36.2. The average Bonchev–Trinajstić information content (AvgIpc) is 3.21. The normalized spacial score (nSPS) is 23.6. The van der Waals surface area contributed by atoms with Crippen molar-refractivity contribution in [3.8, 4) is 5.75 Å². The van der Waals surface area contributed by atoms with E-state index in [2.05, 4.69) is 31.9 Å². The molecule has 0 aromatic heterocycles. The van der Waals surface area contributed by atoms with E-state index < -0.39 is 82.7 Å². The van der Waals surface area contributed by atoms with Gasteiger partial charge in [0.25, 0.3) is 0 Å².